The summed E-state index contributed by atoms with van der Waals surface area (Å²) in [6.45, 7) is 0. The zero-order valence-electron chi connectivity index (χ0n) is 8.82. The largest absolute Gasteiger partial charge is 0.325 e. The van der Waals surface area contributed by atoms with E-state index in [0.29, 0.717) is 11.6 Å². The molecule has 6 nitrogen and oxygen atoms in total. The summed E-state index contributed by atoms with van der Waals surface area (Å²) in [5.41, 5.74) is -0.0975. The molecule has 0 amide bonds. The topological polar surface area (TPSA) is 68.5 Å². The van der Waals surface area contributed by atoms with Gasteiger partial charge in [-0.05, 0) is 12.1 Å². The number of nitrogens with zero attached hydrogens (tertiary/aromatic N) is 4. The number of pyridine rings is 1. The highest BCUT2D eigenvalue weighted by Crippen LogP contribution is 2.04. The first-order valence-electron chi connectivity index (χ1n) is 5.07. The fourth-order valence-electron chi connectivity index (χ4n) is 1.58. The standard InChI is InChI=1S/C11H9N5O/c17-9-7-10(15-5-1-3-12-15)14-11(8-9)16-6-2-4-13-16/h1-8H,(H,14,17). The summed E-state index contributed by atoms with van der Waals surface area (Å²) < 4.78 is 3.18. The molecular weight excluding hydrogens is 218 g/mol. The minimum absolute atomic E-state index is 0.0975. The zero-order valence-corrected chi connectivity index (χ0v) is 8.82. The molecule has 0 atom stereocenters. The van der Waals surface area contributed by atoms with Crippen LogP contribution >= 0.6 is 0 Å². The number of aromatic amines is 1. The molecule has 3 aromatic heterocycles. The van der Waals surface area contributed by atoms with Crippen LogP contribution in [0.5, 0.6) is 0 Å². The summed E-state index contributed by atoms with van der Waals surface area (Å²) in [6.07, 6.45) is 6.83. The van der Waals surface area contributed by atoms with Crippen molar-refractivity contribution in [2.45, 2.75) is 0 Å². The molecular formula is C11H9N5O. The van der Waals surface area contributed by atoms with Crippen molar-refractivity contribution in [2.24, 2.45) is 0 Å². The number of rotatable bonds is 2. The highest BCUT2D eigenvalue weighted by Gasteiger charge is 2.03. The average Bonchev–Trinajstić information content (AvgIpc) is 3.02. The van der Waals surface area contributed by atoms with Crippen LogP contribution in [0.3, 0.4) is 0 Å². The molecule has 0 aliphatic rings. The first-order chi connectivity index (χ1) is 8.33. The Morgan fingerprint density at radius 2 is 1.47 bits per heavy atom. The van der Waals surface area contributed by atoms with E-state index in [4.69, 9.17) is 0 Å². The van der Waals surface area contributed by atoms with Gasteiger partial charge in [0, 0.05) is 36.9 Å². The first kappa shape index (κ1) is 9.59. The van der Waals surface area contributed by atoms with Crippen LogP contribution in [0.25, 0.3) is 11.6 Å². The van der Waals surface area contributed by atoms with Gasteiger partial charge in [-0.25, -0.2) is 9.36 Å². The van der Waals surface area contributed by atoms with Gasteiger partial charge in [0.25, 0.3) is 0 Å². The molecule has 0 saturated heterocycles. The van der Waals surface area contributed by atoms with Crippen LogP contribution in [-0.2, 0) is 0 Å². The van der Waals surface area contributed by atoms with Gasteiger partial charge in [-0.15, -0.1) is 0 Å². The third-order valence-electron chi connectivity index (χ3n) is 2.32. The summed E-state index contributed by atoms with van der Waals surface area (Å²) in [6, 6.07) is 6.55. The highest BCUT2D eigenvalue weighted by molar-refractivity contribution is 5.30. The van der Waals surface area contributed by atoms with Crippen molar-refractivity contribution in [3.05, 3.63) is 59.3 Å². The second kappa shape index (κ2) is 3.75. The monoisotopic (exact) mass is 227 g/mol. The van der Waals surface area contributed by atoms with Gasteiger partial charge in [0.2, 0.25) is 0 Å². The molecule has 0 radical (unpaired) electrons. The summed E-state index contributed by atoms with van der Waals surface area (Å²) in [4.78, 5) is 14.7. The normalized spacial score (nSPS) is 10.6. The molecule has 0 aliphatic heterocycles. The molecule has 0 spiro atoms. The first-order valence-corrected chi connectivity index (χ1v) is 5.07. The van der Waals surface area contributed by atoms with Crippen LogP contribution in [0, 0.1) is 0 Å². The highest BCUT2D eigenvalue weighted by atomic mass is 16.1. The minimum atomic E-state index is -0.0975. The molecule has 1 N–H and O–H groups in total. The third kappa shape index (κ3) is 1.76. The van der Waals surface area contributed by atoms with Crippen LogP contribution in [0.4, 0.5) is 0 Å². The van der Waals surface area contributed by atoms with Crippen LogP contribution in [-0.4, -0.2) is 24.5 Å². The van der Waals surface area contributed by atoms with Crippen molar-refractivity contribution < 1.29 is 0 Å². The maximum atomic E-state index is 11.6. The van der Waals surface area contributed by atoms with E-state index in [1.165, 1.54) is 12.1 Å². The van der Waals surface area contributed by atoms with Gasteiger partial charge >= 0.3 is 0 Å². The maximum Gasteiger partial charge on any atom is 0.186 e. The third-order valence-corrected chi connectivity index (χ3v) is 2.32. The average molecular weight is 227 g/mol. The second-order valence-corrected chi connectivity index (χ2v) is 3.49. The predicted molar refractivity (Wildman–Crippen MR) is 61.3 cm³/mol. The fraction of sp³-hybridized carbons (Fsp3) is 0. The number of H-pyrrole nitrogens is 1. The summed E-state index contributed by atoms with van der Waals surface area (Å²) in [7, 11) is 0. The van der Waals surface area contributed by atoms with E-state index in [9.17, 15) is 4.79 Å². The molecule has 0 aromatic carbocycles. The molecule has 0 unspecified atom stereocenters. The fourth-order valence-corrected chi connectivity index (χ4v) is 1.58. The van der Waals surface area contributed by atoms with Gasteiger partial charge in [-0.3, -0.25) is 4.79 Å². The van der Waals surface area contributed by atoms with Crippen molar-refractivity contribution in [2.75, 3.05) is 0 Å². The Labute approximate surface area is 96.1 Å². The van der Waals surface area contributed by atoms with Crippen LogP contribution in [0.15, 0.2) is 53.8 Å². The van der Waals surface area contributed by atoms with Gasteiger partial charge in [0.05, 0.1) is 0 Å². The number of aromatic nitrogens is 5. The molecule has 3 heterocycles. The van der Waals surface area contributed by atoms with Gasteiger partial charge in [-0.1, -0.05) is 0 Å². The maximum absolute atomic E-state index is 11.6. The Bertz CT molecular complexity index is 611. The van der Waals surface area contributed by atoms with E-state index >= 15 is 0 Å². The zero-order chi connectivity index (χ0) is 11.7. The molecule has 0 aliphatic carbocycles. The van der Waals surface area contributed by atoms with Crippen molar-refractivity contribution in [3.8, 4) is 11.6 Å². The molecule has 84 valence electrons. The van der Waals surface area contributed by atoms with Crippen LogP contribution in [0.1, 0.15) is 0 Å². The van der Waals surface area contributed by atoms with E-state index in [0.717, 1.165) is 0 Å². The molecule has 3 aromatic rings. The van der Waals surface area contributed by atoms with Gasteiger partial charge in [-0.2, -0.15) is 10.2 Å². The van der Waals surface area contributed by atoms with Crippen LogP contribution in [0.2, 0.25) is 0 Å². The molecule has 0 saturated carbocycles. The minimum Gasteiger partial charge on any atom is -0.325 e. The van der Waals surface area contributed by atoms with E-state index in [1.54, 1.807) is 46.3 Å². The van der Waals surface area contributed by atoms with Gasteiger partial charge in [0.1, 0.15) is 11.6 Å². The number of hydrogen-bond donors (Lipinski definition) is 1. The van der Waals surface area contributed by atoms with E-state index < -0.39 is 0 Å². The van der Waals surface area contributed by atoms with Gasteiger partial charge < -0.3 is 4.98 Å². The van der Waals surface area contributed by atoms with Gasteiger partial charge in [0.15, 0.2) is 5.43 Å². The van der Waals surface area contributed by atoms with E-state index in [-0.39, 0.29) is 5.43 Å². The van der Waals surface area contributed by atoms with Crippen molar-refractivity contribution in [3.63, 3.8) is 0 Å². The Hall–Kier alpha value is -2.63. The lowest BCUT2D eigenvalue weighted by Gasteiger charge is -2.05. The summed E-state index contributed by atoms with van der Waals surface area (Å²) >= 11 is 0. The van der Waals surface area contributed by atoms with Crippen molar-refractivity contribution in [1.82, 2.24) is 24.5 Å². The van der Waals surface area contributed by atoms with E-state index in [1.807, 2.05) is 0 Å². The Morgan fingerprint density at radius 3 is 1.88 bits per heavy atom. The second-order valence-electron chi connectivity index (χ2n) is 3.49. The lowest BCUT2D eigenvalue weighted by molar-refractivity contribution is 0.801. The lowest BCUT2D eigenvalue weighted by atomic mass is 10.4. The Morgan fingerprint density at radius 1 is 0.941 bits per heavy atom. The van der Waals surface area contributed by atoms with Crippen molar-refractivity contribution in [1.29, 1.82) is 0 Å². The number of nitrogens with one attached hydrogen (secondary N) is 1. The summed E-state index contributed by atoms with van der Waals surface area (Å²) in [5, 5.41) is 8.13. The SMILES string of the molecule is O=c1cc(-n2cccn2)[nH]c(-n2cccn2)c1. The summed E-state index contributed by atoms with van der Waals surface area (Å²) in [5.74, 6) is 1.21. The Kier molecular flexibility index (Phi) is 2.11. The molecule has 17 heavy (non-hydrogen) atoms. The molecule has 0 fully saturated rings. The Balaban J connectivity index is 2.17. The predicted octanol–water partition coefficient (Wildman–Crippen LogP) is 0.746. The van der Waals surface area contributed by atoms with Crippen LogP contribution < -0.4 is 5.43 Å². The van der Waals surface area contributed by atoms with E-state index in [2.05, 4.69) is 15.2 Å². The smallest absolute Gasteiger partial charge is 0.186 e. The van der Waals surface area contributed by atoms with Crippen molar-refractivity contribution >= 4 is 0 Å². The molecule has 3 rings (SSSR count). The number of hydrogen-bond acceptors (Lipinski definition) is 3. The quantitative estimate of drug-likeness (QED) is 0.702. The molecule has 6 heteroatoms. The molecule has 0 bridgehead atoms. The lowest BCUT2D eigenvalue weighted by Crippen LogP contribution is -2.10.